The molecular weight excluding hydrogens is 300 g/mol. The number of pyridine rings is 1. The number of hydrogen-bond acceptors (Lipinski definition) is 6. The molecule has 2 aliphatic rings. The lowest BCUT2D eigenvalue weighted by atomic mass is 9.92. The molecule has 2 unspecified atom stereocenters. The van der Waals surface area contributed by atoms with Crippen molar-refractivity contribution in [2.45, 2.75) is 25.8 Å². The Kier molecular flexibility index (Phi) is 3.77. The number of hydrogen-bond donors (Lipinski definition) is 0. The molecule has 0 amide bonds. The summed E-state index contributed by atoms with van der Waals surface area (Å²) in [6, 6.07) is 8.29. The summed E-state index contributed by atoms with van der Waals surface area (Å²) in [5.41, 5.74) is 1.61. The minimum atomic E-state index is 0.365. The van der Waals surface area contributed by atoms with Crippen LogP contribution in [-0.2, 0) is 0 Å². The van der Waals surface area contributed by atoms with E-state index in [0.717, 1.165) is 49.9 Å². The Morgan fingerprint density at radius 3 is 2.75 bits per heavy atom. The number of anilines is 2. The van der Waals surface area contributed by atoms with Crippen LogP contribution in [0.25, 0.3) is 0 Å². The maximum atomic E-state index is 9.45. The van der Waals surface area contributed by atoms with Gasteiger partial charge in [-0.2, -0.15) is 5.26 Å². The van der Waals surface area contributed by atoms with Crippen molar-refractivity contribution in [1.82, 2.24) is 15.0 Å². The number of fused-ring (bicyclic) bond motifs is 1. The zero-order valence-electron chi connectivity index (χ0n) is 13.8. The van der Waals surface area contributed by atoms with Gasteiger partial charge in [-0.05, 0) is 43.9 Å². The van der Waals surface area contributed by atoms with E-state index in [2.05, 4.69) is 30.8 Å². The Morgan fingerprint density at radius 2 is 1.96 bits per heavy atom. The van der Waals surface area contributed by atoms with Crippen molar-refractivity contribution in [3.8, 4) is 6.07 Å². The summed E-state index contributed by atoms with van der Waals surface area (Å²) >= 11 is 0. The minimum absolute atomic E-state index is 0.365. The van der Waals surface area contributed by atoms with E-state index in [1.165, 1.54) is 0 Å². The second-order valence-electron chi connectivity index (χ2n) is 6.53. The van der Waals surface area contributed by atoms with Crippen molar-refractivity contribution >= 4 is 11.8 Å². The van der Waals surface area contributed by atoms with Gasteiger partial charge in [-0.1, -0.05) is 0 Å². The maximum Gasteiger partial charge on any atom is 0.225 e. The second kappa shape index (κ2) is 6.08. The summed E-state index contributed by atoms with van der Waals surface area (Å²) < 4.78 is 0. The first-order chi connectivity index (χ1) is 11.8. The molecule has 0 spiro atoms. The molecule has 0 aromatic carbocycles. The lowest BCUT2D eigenvalue weighted by molar-refractivity contribution is 0.386. The molecule has 2 aromatic heterocycles. The van der Waals surface area contributed by atoms with Crippen LogP contribution in [0, 0.1) is 24.2 Å². The van der Waals surface area contributed by atoms with Gasteiger partial charge in [0, 0.05) is 37.7 Å². The first-order valence-corrected chi connectivity index (χ1v) is 8.42. The first kappa shape index (κ1) is 14.9. The lowest BCUT2D eigenvalue weighted by Crippen LogP contribution is -2.49. The molecule has 24 heavy (non-hydrogen) atoms. The van der Waals surface area contributed by atoms with Crippen LogP contribution in [0.3, 0.4) is 0 Å². The second-order valence-corrected chi connectivity index (χ2v) is 6.53. The molecule has 2 atom stereocenters. The van der Waals surface area contributed by atoms with Crippen molar-refractivity contribution in [3.05, 3.63) is 41.9 Å². The number of piperidine rings is 1. The van der Waals surface area contributed by atoms with Gasteiger partial charge in [-0.3, -0.25) is 0 Å². The third-order valence-corrected chi connectivity index (χ3v) is 5.10. The molecule has 2 aromatic rings. The van der Waals surface area contributed by atoms with Crippen LogP contribution in [0.1, 0.15) is 24.1 Å². The molecule has 0 bridgehead atoms. The number of rotatable bonds is 2. The van der Waals surface area contributed by atoms with E-state index in [9.17, 15) is 5.26 Å². The van der Waals surface area contributed by atoms with Gasteiger partial charge in [0.05, 0.1) is 11.6 Å². The molecular formula is C18H20N6. The van der Waals surface area contributed by atoms with Crippen LogP contribution in [0.2, 0.25) is 0 Å². The van der Waals surface area contributed by atoms with Gasteiger partial charge in [0.25, 0.3) is 0 Å². The predicted molar refractivity (Wildman–Crippen MR) is 91.8 cm³/mol. The van der Waals surface area contributed by atoms with Gasteiger partial charge in [0.15, 0.2) is 0 Å². The van der Waals surface area contributed by atoms with Gasteiger partial charge >= 0.3 is 0 Å². The van der Waals surface area contributed by atoms with Crippen molar-refractivity contribution in [2.24, 2.45) is 5.92 Å². The fourth-order valence-corrected chi connectivity index (χ4v) is 3.89. The summed E-state index contributed by atoms with van der Waals surface area (Å²) in [6.07, 6.45) is 5.87. The Bertz CT molecular complexity index is 769. The largest absolute Gasteiger partial charge is 0.350 e. The zero-order chi connectivity index (χ0) is 16.5. The van der Waals surface area contributed by atoms with Gasteiger partial charge in [0.1, 0.15) is 11.9 Å². The molecule has 0 radical (unpaired) electrons. The average Bonchev–Trinajstić information content (AvgIpc) is 3.05. The van der Waals surface area contributed by atoms with E-state index < -0.39 is 0 Å². The van der Waals surface area contributed by atoms with Crippen LogP contribution >= 0.6 is 0 Å². The van der Waals surface area contributed by atoms with Crippen molar-refractivity contribution < 1.29 is 0 Å². The van der Waals surface area contributed by atoms with Gasteiger partial charge < -0.3 is 9.80 Å². The van der Waals surface area contributed by atoms with Crippen LogP contribution in [0.15, 0.2) is 30.6 Å². The van der Waals surface area contributed by atoms with Gasteiger partial charge in [0.2, 0.25) is 5.95 Å². The Balaban J connectivity index is 1.63. The van der Waals surface area contributed by atoms with Crippen LogP contribution in [0.5, 0.6) is 0 Å². The fourth-order valence-electron chi connectivity index (χ4n) is 3.89. The minimum Gasteiger partial charge on any atom is -0.350 e. The molecule has 2 saturated heterocycles. The monoisotopic (exact) mass is 320 g/mol. The quantitative estimate of drug-likeness (QED) is 0.844. The maximum absolute atomic E-state index is 9.45. The highest BCUT2D eigenvalue weighted by Crippen LogP contribution is 2.36. The molecule has 122 valence electrons. The predicted octanol–water partition coefficient (Wildman–Crippen LogP) is 2.16. The molecule has 0 saturated carbocycles. The first-order valence-electron chi connectivity index (χ1n) is 8.42. The molecule has 0 aliphatic carbocycles. The SMILES string of the molecule is Cc1ccc(C#N)c(N2CCC3CCN(c4ncccn4)CC32)n1. The Hall–Kier alpha value is -2.68. The van der Waals surface area contributed by atoms with Crippen molar-refractivity contribution in [1.29, 1.82) is 5.26 Å². The van der Waals surface area contributed by atoms with Gasteiger partial charge in [-0.15, -0.1) is 0 Å². The summed E-state index contributed by atoms with van der Waals surface area (Å²) in [4.78, 5) is 18.0. The molecule has 6 heteroatoms. The van der Waals surface area contributed by atoms with E-state index in [1.54, 1.807) is 12.4 Å². The number of aryl methyl sites for hydroxylation is 1. The van der Waals surface area contributed by atoms with E-state index in [0.29, 0.717) is 17.5 Å². The summed E-state index contributed by atoms with van der Waals surface area (Å²) in [5, 5.41) is 9.45. The highest BCUT2D eigenvalue weighted by molar-refractivity contribution is 5.56. The Labute approximate surface area is 141 Å². The molecule has 2 aliphatic heterocycles. The van der Waals surface area contributed by atoms with Crippen LogP contribution < -0.4 is 9.80 Å². The van der Waals surface area contributed by atoms with Crippen molar-refractivity contribution in [3.63, 3.8) is 0 Å². The molecule has 4 rings (SSSR count). The lowest BCUT2D eigenvalue weighted by Gasteiger charge is -2.39. The third-order valence-electron chi connectivity index (χ3n) is 5.10. The molecule has 6 nitrogen and oxygen atoms in total. The molecule has 0 N–H and O–H groups in total. The standard InChI is InChI=1S/C18H20N6/c1-13-3-4-15(11-19)17(22-13)24-10-6-14-5-9-23(12-16(14)24)18-20-7-2-8-21-18/h2-4,7-8,14,16H,5-6,9-10,12H2,1H3. The summed E-state index contributed by atoms with van der Waals surface area (Å²) in [5.74, 6) is 2.28. The van der Waals surface area contributed by atoms with E-state index >= 15 is 0 Å². The van der Waals surface area contributed by atoms with Crippen LogP contribution in [0.4, 0.5) is 11.8 Å². The molecule has 2 fully saturated rings. The summed E-state index contributed by atoms with van der Waals surface area (Å²) in [7, 11) is 0. The van der Waals surface area contributed by atoms with E-state index in [-0.39, 0.29) is 0 Å². The normalized spacial score (nSPS) is 23.0. The average molecular weight is 320 g/mol. The fraction of sp³-hybridized carbons (Fsp3) is 0.444. The zero-order valence-corrected chi connectivity index (χ0v) is 13.8. The third kappa shape index (κ3) is 2.56. The highest BCUT2D eigenvalue weighted by Gasteiger charge is 2.40. The number of aromatic nitrogens is 3. The Morgan fingerprint density at radius 1 is 1.17 bits per heavy atom. The van der Waals surface area contributed by atoms with Gasteiger partial charge in [-0.25, -0.2) is 15.0 Å². The van der Waals surface area contributed by atoms with E-state index in [4.69, 9.17) is 0 Å². The van der Waals surface area contributed by atoms with Crippen LogP contribution in [-0.4, -0.2) is 40.6 Å². The topological polar surface area (TPSA) is 68.9 Å². The number of nitrogens with zero attached hydrogens (tertiary/aromatic N) is 6. The smallest absolute Gasteiger partial charge is 0.225 e. The highest BCUT2D eigenvalue weighted by atomic mass is 15.3. The molecule has 4 heterocycles. The number of nitriles is 1. The summed E-state index contributed by atoms with van der Waals surface area (Å²) in [6.45, 7) is 4.81. The van der Waals surface area contributed by atoms with E-state index in [1.807, 2.05) is 25.1 Å². The van der Waals surface area contributed by atoms with Crippen molar-refractivity contribution in [2.75, 3.05) is 29.4 Å².